The lowest BCUT2D eigenvalue weighted by atomic mass is 9.37. The minimum Gasteiger partial charge on any atom is -0.311 e. The average Bonchev–Trinajstić information content (AvgIpc) is 3.37. The molecule has 1 aliphatic heterocycles. The van der Waals surface area contributed by atoms with E-state index in [-0.39, 0.29) is 23.0 Å². The van der Waals surface area contributed by atoms with Crippen molar-refractivity contribution in [1.82, 2.24) is 0 Å². The molecule has 7 rings (SSSR count). The molecule has 3 heteroatoms. The summed E-state index contributed by atoms with van der Waals surface area (Å²) >= 11 is 1.98. The zero-order valence-electron chi connectivity index (χ0n) is 28.3. The van der Waals surface area contributed by atoms with Gasteiger partial charge in [0.2, 0.25) is 0 Å². The van der Waals surface area contributed by atoms with Crippen LogP contribution in [0.5, 0.6) is 0 Å². The summed E-state index contributed by atoms with van der Waals surface area (Å²) < 4.78 is 2.81. The molecule has 0 amide bonds. The van der Waals surface area contributed by atoms with Crippen molar-refractivity contribution in [3.63, 3.8) is 0 Å². The average molecular weight is 596 g/mol. The molecule has 1 nitrogen and oxygen atoms in total. The van der Waals surface area contributed by atoms with Gasteiger partial charge >= 0.3 is 0 Å². The molecule has 1 aliphatic carbocycles. The van der Waals surface area contributed by atoms with Gasteiger partial charge in [-0.25, -0.2) is 0 Å². The fraction of sp³-hybridized carbons (Fsp3) is 0.366. The molecular weight excluding hydrogens is 549 g/mol. The number of nitrogens with zero attached hydrogens (tertiary/aromatic N) is 1. The lowest BCUT2D eigenvalue weighted by Crippen LogP contribution is -2.57. The smallest absolute Gasteiger partial charge is 0.259 e. The maximum absolute atomic E-state index is 2.63. The van der Waals surface area contributed by atoms with Gasteiger partial charge in [-0.3, -0.25) is 0 Å². The van der Waals surface area contributed by atoms with Gasteiger partial charge in [0.25, 0.3) is 6.71 Å². The maximum atomic E-state index is 2.63. The molecule has 2 heterocycles. The molecule has 0 saturated carbocycles. The van der Waals surface area contributed by atoms with Crippen LogP contribution in [0.25, 0.3) is 10.1 Å². The Morgan fingerprint density at radius 3 is 1.98 bits per heavy atom. The number of hydrogen-bond donors (Lipinski definition) is 0. The third kappa shape index (κ3) is 4.66. The molecule has 0 N–H and O–H groups in total. The first-order valence-electron chi connectivity index (χ1n) is 16.3. The Bertz CT molecular complexity index is 1950. The van der Waals surface area contributed by atoms with E-state index in [4.69, 9.17) is 0 Å². The predicted octanol–water partition coefficient (Wildman–Crippen LogP) is 9.77. The summed E-state index contributed by atoms with van der Waals surface area (Å²) in [5.41, 5.74) is 15.5. The van der Waals surface area contributed by atoms with Gasteiger partial charge in [-0.1, -0.05) is 90.4 Å². The van der Waals surface area contributed by atoms with Crippen LogP contribution >= 0.6 is 11.3 Å². The Kier molecular flexibility index (Phi) is 6.59. The predicted molar refractivity (Wildman–Crippen MR) is 196 cm³/mol. The van der Waals surface area contributed by atoms with Gasteiger partial charge in [0, 0.05) is 21.8 Å². The molecule has 0 spiro atoms. The van der Waals surface area contributed by atoms with E-state index in [1.54, 1.807) is 0 Å². The number of aryl methyl sites for hydroxylation is 3. The van der Waals surface area contributed by atoms with E-state index >= 15 is 0 Å². The topological polar surface area (TPSA) is 3.24 Å². The van der Waals surface area contributed by atoms with Crippen LogP contribution in [0.2, 0.25) is 0 Å². The highest BCUT2D eigenvalue weighted by Crippen LogP contribution is 2.49. The highest BCUT2D eigenvalue weighted by Gasteiger charge is 2.43. The number of thiophene rings is 1. The van der Waals surface area contributed by atoms with Crippen molar-refractivity contribution in [2.24, 2.45) is 0 Å². The molecule has 44 heavy (non-hydrogen) atoms. The van der Waals surface area contributed by atoms with Crippen molar-refractivity contribution >= 4 is 60.9 Å². The fourth-order valence-electron chi connectivity index (χ4n) is 7.73. The van der Waals surface area contributed by atoms with E-state index in [0.717, 1.165) is 0 Å². The monoisotopic (exact) mass is 595 g/mol. The first kappa shape index (κ1) is 29.4. The Balaban J connectivity index is 1.55. The molecule has 0 saturated heterocycles. The third-order valence-electron chi connectivity index (χ3n) is 10.6. The van der Waals surface area contributed by atoms with Gasteiger partial charge in [-0.15, -0.1) is 11.3 Å². The minimum absolute atomic E-state index is 0.127. The van der Waals surface area contributed by atoms with Gasteiger partial charge in [0.1, 0.15) is 0 Å². The second kappa shape index (κ2) is 9.85. The summed E-state index contributed by atoms with van der Waals surface area (Å²) in [5, 5.41) is 1.36. The van der Waals surface area contributed by atoms with Gasteiger partial charge in [0.05, 0.1) is 0 Å². The summed E-state index contributed by atoms with van der Waals surface area (Å²) in [6.07, 6.45) is 2.42. The van der Waals surface area contributed by atoms with Gasteiger partial charge < -0.3 is 4.90 Å². The van der Waals surface area contributed by atoms with Crippen molar-refractivity contribution in [1.29, 1.82) is 0 Å². The van der Waals surface area contributed by atoms with Crippen LogP contribution in [0.4, 0.5) is 17.1 Å². The molecule has 2 aliphatic rings. The Labute approximate surface area is 269 Å². The molecular formula is C41H46BNS. The number of hydrogen-bond acceptors (Lipinski definition) is 2. The number of rotatable bonds is 2. The largest absolute Gasteiger partial charge is 0.311 e. The third-order valence-corrected chi connectivity index (χ3v) is 11.7. The van der Waals surface area contributed by atoms with Crippen molar-refractivity contribution in [3.05, 3.63) is 106 Å². The second-order valence-corrected chi connectivity index (χ2v) is 17.1. The standard InChI is InChI=1S/C41H46BNS/c1-25-12-15-34(27(3)19-25)43-35-20-26(2)11-14-32(35)42(38-22-28-21-29(39(4,5)6)13-16-37(28)44-38)33-23-30-31(24-36(33)43)41(9,10)18-17-40(30,7)8/h11-16,19-24H,17-18H2,1-10H3. The molecule has 0 unspecified atom stereocenters. The van der Waals surface area contributed by atoms with E-state index in [9.17, 15) is 0 Å². The van der Waals surface area contributed by atoms with E-state index in [1.807, 2.05) is 11.3 Å². The van der Waals surface area contributed by atoms with Crippen molar-refractivity contribution < 1.29 is 0 Å². The minimum atomic E-state index is 0.127. The molecule has 0 bridgehead atoms. The molecule has 5 aromatic rings. The Morgan fingerprint density at radius 2 is 1.30 bits per heavy atom. The first-order valence-corrected chi connectivity index (χ1v) is 17.2. The fourth-order valence-corrected chi connectivity index (χ4v) is 8.91. The number of fused-ring (bicyclic) bond motifs is 4. The van der Waals surface area contributed by atoms with Crippen molar-refractivity contribution in [2.45, 2.75) is 98.3 Å². The second-order valence-electron chi connectivity index (χ2n) is 16.0. The summed E-state index contributed by atoms with van der Waals surface area (Å²) in [4.78, 5) is 2.59. The number of anilines is 3. The zero-order valence-corrected chi connectivity index (χ0v) is 29.1. The molecule has 224 valence electrons. The van der Waals surface area contributed by atoms with E-state index < -0.39 is 0 Å². The van der Waals surface area contributed by atoms with Gasteiger partial charge in [-0.2, -0.15) is 0 Å². The van der Waals surface area contributed by atoms with Gasteiger partial charge in [0.15, 0.2) is 0 Å². The van der Waals surface area contributed by atoms with E-state index in [2.05, 4.69) is 147 Å². The van der Waals surface area contributed by atoms with Crippen LogP contribution in [0.1, 0.15) is 94.7 Å². The van der Waals surface area contributed by atoms with Crippen molar-refractivity contribution in [2.75, 3.05) is 4.90 Å². The molecule has 0 fully saturated rings. The first-order chi connectivity index (χ1) is 20.6. The normalized spacial score (nSPS) is 17.0. The van der Waals surface area contributed by atoms with Crippen LogP contribution in [-0.2, 0) is 16.2 Å². The van der Waals surface area contributed by atoms with E-state index in [1.165, 1.54) is 89.1 Å². The van der Waals surface area contributed by atoms with Crippen LogP contribution in [0, 0.1) is 20.8 Å². The summed E-state index contributed by atoms with van der Waals surface area (Å²) in [6.45, 7) is 23.6. The molecule has 1 aromatic heterocycles. The molecule has 0 radical (unpaired) electrons. The van der Waals surface area contributed by atoms with Crippen LogP contribution in [-0.4, -0.2) is 6.71 Å². The quantitative estimate of drug-likeness (QED) is 0.180. The Hall–Kier alpha value is -3.30. The van der Waals surface area contributed by atoms with Crippen LogP contribution in [0.15, 0.2) is 72.8 Å². The number of benzene rings is 4. The van der Waals surface area contributed by atoms with Crippen LogP contribution < -0.4 is 20.6 Å². The lowest BCUT2D eigenvalue weighted by Gasteiger charge is -2.45. The highest BCUT2D eigenvalue weighted by molar-refractivity contribution is 7.32. The summed E-state index contributed by atoms with van der Waals surface area (Å²) in [7, 11) is 0. The van der Waals surface area contributed by atoms with E-state index in [0.29, 0.717) is 0 Å². The SMILES string of the molecule is Cc1ccc(N2c3cc(C)ccc3B(c3cc4cc(C(C)(C)C)ccc4s3)c3cc4c(cc32)C(C)(C)CCC4(C)C)c(C)c1. The maximum Gasteiger partial charge on any atom is 0.259 e. The highest BCUT2D eigenvalue weighted by atomic mass is 32.1. The summed E-state index contributed by atoms with van der Waals surface area (Å²) in [5.74, 6) is 0. The summed E-state index contributed by atoms with van der Waals surface area (Å²) in [6, 6.07) is 28.9. The molecule has 0 atom stereocenters. The van der Waals surface area contributed by atoms with Crippen LogP contribution in [0.3, 0.4) is 0 Å². The zero-order chi connectivity index (χ0) is 31.3. The van der Waals surface area contributed by atoms with Crippen molar-refractivity contribution in [3.8, 4) is 0 Å². The lowest BCUT2D eigenvalue weighted by molar-refractivity contribution is 0.332. The molecule has 4 aromatic carbocycles. The Morgan fingerprint density at radius 1 is 0.659 bits per heavy atom. The van der Waals surface area contributed by atoms with Gasteiger partial charge in [-0.05, 0) is 135 Å².